The number of nitrogens with one attached hydrogen (secondary N) is 1. The van der Waals surface area contributed by atoms with Gasteiger partial charge in [0.25, 0.3) is 0 Å². The van der Waals surface area contributed by atoms with Gasteiger partial charge in [-0.1, -0.05) is 6.92 Å². The van der Waals surface area contributed by atoms with Crippen LogP contribution in [0.2, 0.25) is 0 Å². The molecule has 1 aromatic heterocycles. The van der Waals surface area contributed by atoms with E-state index in [-0.39, 0.29) is 0 Å². The van der Waals surface area contributed by atoms with Crippen LogP contribution in [-0.4, -0.2) is 29.1 Å². The molecule has 2 atom stereocenters. The molecule has 0 amide bonds. The summed E-state index contributed by atoms with van der Waals surface area (Å²) in [6, 6.07) is 0.583. The van der Waals surface area contributed by atoms with Gasteiger partial charge in [0.05, 0.1) is 5.69 Å². The fraction of sp³-hybridized carbons (Fsp3) is 0.714. The van der Waals surface area contributed by atoms with Gasteiger partial charge in [0.2, 0.25) is 0 Å². The van der Waals surface area contributed by atoms with Gasteiger partial charge in [-0.05, 0) is 25.7 Å². The largest absolute Gasteiger partial charge is 0.353 e. The Labute approximate surface area is 109 Å². The quantitative estimate of drug-likeness (QED) is 0.819. The molecule has 4 heteroatoms. The van der Waals surface area contributed by atoms with Gasteiger partial charge >= 0.3 is 0 Å². The van der Waals surface area contributed by atoms with Crippen molar-refractivity contribution in [1.82, 2.24) is 15.3 Å². The second-order valence-electron chi connectivity index (χ2n) is 5.60. The van der Waals surface area contributed by atoms with Crippen LogP contribution in [0, 0.1) is 5.92 Å². The molecule has 3 heterocycles. The first-order valence-corrected chi connectivity index (χ1v) is 7.07. The standard InChI is InChI=1S/C14H22N4/c1-10-4-3-7-18(11(10)2)14-12-8-15-6-5-13(12)16-9-17-14/h9-11,15H,3-8H2,1-2H3. The third-order valence-electron chi connectivity index (χ3n) is 4.50. The fourth-order valence-electron chi connectivity index (χ4n) is 3.14. The number of hydrogen-bond donors (Lipinski definition) is 1. The number of anilines is 1. The van der Waals surface area contributed by atoms with Crippen LogP contribution in [0.3, 0.4) is 0 Å². The minimum absolute atomic E-state index is 0.583. The summed E-state index contributed by atoms with van der Waals surface area (Å²) in [5.41, 5.74) is 2.56. The van der Waals surface area contributed by atoms with Crippen molar-refractivity contribution in [3.05, 3.63) is 17.6 Å². The molecule has 2 unspecified atom stereocenters. The van der Waals surface area contributed by atoms with E-state index in [0.29, 0.717) is 6.04 Å². The summed E-state index contributed by atoms with van der Waals surface area (Å²) in [7, 11) is 0. The average molecular weight is 246 g/mol. The molecule has 0 aromatic carbocycles. The van der Waals surface area contributed by atoms with Crippen LogP contribution in [0.15, 0.2) is 6.33 Å². The van der Waals surface area contributed by atoms with Crippen molar-refractivity contribution < 1.29 is 0 Å². The molecular weight excluding hydrogens is 224 g/mol. The van der Waals surface area contributed by atoms with Crippen molar-refractivity contribution in [1.29, 1.82) is 0 Å². The highest BCUT2D eigenvalue weighted by molar-refractivity contribution is 5.50. The summed E-state index contributed by atoms with van der Waals surface area (Å²) >= 11 is 0. The van der Waals surface area contributed by atoms with Gasteiger partial charge in [-0.2, -0.15) is 0 Å². The number of piperidine rings is 1. The molecule has 3 rings (SSSR count). The Morgan fingerprint density at radius 1 is 1.33 bits per heavy atom. The topological polar surface area (TPSA) is 41.1 Å². The van der Waals surface area contributed by atoms with Gasteiger partial charge < -0.3 is 10.2 Å². The third-order valence-corrected chi connectivity index (χ3v) is 4.50. The second kappa shape index (κ2) is 4.84. The Bertz CT molecular complexity index is 432. The molecule has 2 aliphatic heterocycles. The van der Waals surface area contributed by atoms with Crippen LogP contribution in [0.1, 0.15) is 37.9 Å². The number of fused-ring (bicyclic) bond motifs is 1. The second-order valence-corrected chi connectivity index (χ2v) is 5.60. The first kappa shape index (κ1) is 11.9. The van der Waals surface area contributed by atoms with Crippen LogP contribution in [-0.2, 0) is 13.0 Å². The Hall–Kier alpha value is -1.16. The summed E-state index contributed by atoms with van der Waals surface area (Å²) in [4.78, 5) is 11.5. The summed E-state index contributed by atoms with van der Waals surface area (Å²) in [6.45, 7) is 7.77. The highest BCUT2D eigenvalue weighted by Gasteiger charge is 2.28. The van der Waals surface area contributed by atoms with E-state index in [9.17, 15) is 0 Å². The molecule has 0 aliphatic carbocycles. The number of nitrogens with zero attached hydrogens (tertiary/aromatic N) is 3. The Morgan fingerprint density at radius 3 is 3.11 bits per heavy atom. The zero-order valence-corrected chi connectivity index (χ0v) is 11.3. The maximum atomic E-state index is 4.58. The van der Waals surface area contributed by atoms with Gasteiger partial charge in [0.15, 0.2) is 0 Å². The van der Waals surface area contributed by atoms with E-state index in [2.05, 4.69) is 34.0 Å². The zero-order valence-electron chi connectivity index (χ0n) is 11.3. The molecule has 18 heavy (non-hydrogen) atoms. The van der Waals surface area contributed by atoms with Gasteiger partial charge in [-0.25, -0.2) is 9.97 Å². The number of hydrogen-bond acceptors (Lipinski definition) is 4. The summed E-state index contributed by atoms with van der Waals surface area (Å²) < 4.78 is 0. The molecule has 2 aliphatic rings. The van der Waals surface area contributed by atoms with Crippen LogP contribution < -0.4 is 10.2 Å². The van der Waals surface area contributed by atoms with E-state index < -0.39 is 0 Å². The summed E-state index contributed by atoms with van der Waals surface area (Å²) in [5.74, 6) is 1.92. The van der Waals surface area contributed by atoms with Crippen molar-refractivity contribution in [2.75, 3.05) is 18.0 Å². The average Bonchev–Trinajstić information content (AvgIpc) is 2.41. The maximum Gasteiger partial charge on any atom is 0.136 e. The number of rotatable bonds is 1. The van der Waals surface area contributed by atoms with Gasteiger partial charge in [-0.3, -0.25) is 0 Å². The Balaban J connectivity index is 1.96. The third kappa shape index (κ3) is 1.99. The maximum absolute atomic E-state index is 4.58. The molecule has 1 N–H and O–H groups in total. The predicted molar refractivity (Wildman–Crippen MR) is 72.6 cm³/mol. The van der Waals surface area contributed by atoms with Crippen molar-refractivity contribution in [3.8, 4) is 0 Å². The zero-order chi connectivity index (χ0) is 12.5. The van der Waals surface area contributed by atoms with E-state index in [1.165, 1.54) is 29.9 Å². The number of aromatic nitrogens is 2. The molecule has 1 fully saturated rings. The van der Waals surface area contributed by atoms with Crippen LogP contribution in [0.5, 0.6) is 0 Å². The highest BCUT2D eigenvalue weighted by Crippen LogP contribution is 2.30. The molecule has 1 saturated heterocycles. The van der Waals surface area contributed by atoms with E-state index in [4.69, 9.17) is 0 Å². The predicted octanol–water partition coefficient (Wildman–Crippen LogP) is 1.75. The molecular formula is C14H22N4. The van der Waals surface area contributed by atoms with Gasteiger partial charge in [0.1, 0.15) is 12.1 Å². The highest BCUT2D eigenvalue weighted by atomic mass is 15.2. The molecule has 1 aromatic rings. The molecule has 0 radical (unpaired) electrons. The lowest BCUT2D eigenvalue weighted by atomic mass is 9.91. The first-order chi connectivity index (χ1) is 8.77. The smallest absolute Gasteiger partial charge is 0.136 e. The Kier molecular flexibility index (Phi) is 3.20. The Morgan fingerprint density at radius 2 is 2.22 bits per heavy atom. The van der Waals surface area contributed by atoms with Crippen molar-refractivity contribution in [2.24, 2.45) is 5.92 Å². The van der Waals surface area contributed by atoms with Gasteiger partial charge in [-0.15, -0.1) is 0 Å². The molecule has 0 saturated carbocycles. The first-order valence-electron chi connectivity index (χ1n) is 7.07. The minimum atomic E-state index is 0.583. The molecule has 0 bridgehead atoms. The van der Waals surface area contributed by atoms with Crippen molar-refractivity contribution in [3.63, 3.8) is 0 Å². The monoisotopic (exact) mass is 246 g/mol. The van der Waals surface area contributed by atoms with E-state index in [1.54, 1.807) is 6.33 Å². The lowest BCUT2D eigenvalue weighted by molar-refractivity contribution is 0.360. The van der Waals surface area contributed by atoms with E-state index in [0.717, 1.165) is 32.0 Å². The van der Waals surface area contributed by atoms with Crippen LogP contribution in [0.4, 0.5) is 5.82 Å². The van der Waals surface area contributed by atoms with Crippen LogP contribution >= 0.6 is 0 Å². The normalized spacial score (nSPS) is 28.0. The van der Waals surface area contributed by atoms with Crippen LogP contribution in [0.25, 0.3) is 0 Å². The molecule has 4 nitrogen and oxygen atoms in total. The van der Waals surface area contributed by atoms with E-state index >= 15 is 0 Å². The lowest BCUT2D eigenvalue weighted by Crippen LogP contribution is -2.44. The lowest BCUT2D eigenvalue weighted by Gasteiger charge is -2.40. The van der Waals surface area contributed by atoms with E-state index in [1.807, 2.05) is 0 Å². The SMILES string of the molecule is CC1CCCN(c2ncnc3c2CNCC3)C1C. The molecule has 0 spiro atoms. The van der Waals surface area contributed by atoms with Crippen molar-refractivity contribution in [2.45, 2.75) is 45.7 Å². The van der Waals surface area contributed by atoms with Gasteiger partial charge in [0, 0.05) is 37.7 Å². The summed E-state index contributed by atoms with van der Waals surface area (Å²) in [6.07, 6.45) is 5.38. The molecule has 98 valence electrons. The van der Waals surface area contributed by atoms with Crippen molar-refractivity contribution >= 4 is 5.82 Å². The minimum Gasteiger partial charge on any atom is -0.353 e. The summed E-state index contributed by atoms with van der Waals surface area (Å²) in [5, 5.41) is 3.44. The fourth-order valence-corrected chi connectivity index (χ4v) is 3.14.